The molecule has 0 unspecified atom stereocenters. The summed E-state index contributed by atoms with van der Waals surface area (Å²) in [7, 11) is 3.64. The third-order valence-electron chi connectivity index (χ3n) is 3.28. The average molecular weight is 304 g/mol. The van der Waals surface area contributed by atoms with E-state index in [-0.39, 0.29) is 5.84 Å². The Hall–Kier alpha value is -2.20. The van der Waals surface area contributed by atoms with Crippen LogP contribution in [0.2, 0.25) is 5.02 Å². The molecule has 0 saturated carbocycles. The average Bonchev–Trinajstić information content (AvgIpc) is 2.47. The van der Waals surface area contributed by atoms with E-state index in [9.17, 15) is 0 Å². The summed E-state index contributed by atoms with van der Waals surface area (Å²) in [4.78, 5) is 2.06. The second-order valence-electron chi connectivity index (χ2n) is 4.75. The van der Waals surface area contributed by atoms with Crippen molar-refractivity contribution in [1.29, 1.82) is 5.41 Å². The van der Waals surface area contributed by atoms with Gasteiger partial charge in [0.1, 0.15) is 11.6 Å². The maximum absolute atomic E-state index is 7.45. The molecule has 0 aliphatic heterocycles. The minimum Gasteiger partial charge on any atom is -0.496 e. The van der Waals surface area contributed by atoms with Crippen molar-refractivity contribution in [3.63, 3.8) is 0 Å². The number of para-hydroxylation sites is 1. The van der Waals surface area contributed by atoms with Crippen molar-refractivity contribution in [3.8, 4) is 5.75 Å². The summed E-state index contributed by atoms with van der Waals surface area (Å²) >= 11 is 6.16. The molecule has 2 aromatic rings. The van der Waals surface area contributed by atoms with Gasteiger partial charge in [0, 0.05) is 30.4 Å². The maximum atomic E-state index is 7.45. The number of anilines is 1. The molecule has 2 rings (SSSR count). The minimum atomic E-state index is -0.0288. The van der Waals surface area contributed by atoms with E-state index in [1.165, 1.54) is 0 Å². The quantitative estimate of drug-likeness (QED) is 0.658. The molecule has 0 aliphatic rings. The number of nitrogen functional groups attached to an aromatic ring is 1. The molecule has 0 atom stereocenters. The number of methoxy groups -OCH3 is 1. The molecule has 0 aromatic heterocycles. The van der Waals surface area contributed by atoms with Gasteiger partial charge >= 0.3 is 0 Å². The van der Waals surface area contributed by atoms with Gasteiger partial charge in [-0.15, -0.1) is 0 Å². The van der Waals surface area contributed by atoms with E-state index in [2.05, 4.69) is 4.90 Å². The zero-order valence-electron chi connectivity index (χ0n) is 12.1. The van der Waals surface area contributed by atoms with Crippen molar-refractivity contribution in [2.24, 2.45) is 5.73 Å². The molecule has 0 spiro atoms. The van der Waals surface area contributed by atoms with Crippen LogP contribution in [0, 0.1) is 5.41 Å². The van der Waals surface area contributed by atoms with Gasteiger partial charge in [0.25, 0.3) is 0 Å². The summed E-state index contributed by atoms with van der Waals surface area (Å²) in [6.07, 6.45) is 0. The van der Waals surface area contributed by atoms with Crippen LogP contribution in [0.25, 0.3) is 0 Å². The Kier molecular flexibility index (Phi) is 4.70. The van der Waals surface area contributed by atoms with Crippen molar-refractivity contribution < 1.29 is 4.74 Å². The summed E-state index contributed by atoms with van der Waals surface area (Å²) < 4.78 is 5.36. The van der Waals surface area contributed by atoms with Gasteiger partial charge in [-0.3, -0.25) is 5.41 Å². The first-order chi connectivity index (χ1) is 10.0. The number of benzene rings is 2. The van der Waals surface area contributed by atoms with Crippen molar-refractivity contribution in [3.05, 3.63) is 58.6 Å². The van der Waals surface area contributed by atoms with E-state index in [1.54, 1.807) is 13.2 Å². The third kappa shape index (κ3) is 3.47. The van der Waals surface area contributed by atoms with Gasteiger partial charge in [0.15, 0.2) is 0 Å². The van der Waals surface area contributed by atoms with Crippen LogP contribution in [0.5, 0.6) is 5.75 Å². The summed E-state index contributed by atoms with van der Waals surface area (Å²) in [5.74, 6) is 0.828. The Labute approximate surface area is 129 Å². The molecule has 0 radical (unpaired) electrons. The molecular weight excluding hydrogens is 286 g/mol. The lowest BCUT2D eigenvalue weighted by atomic mass is 10.1. The van der Waals surface area contributed by atoms with Crippen molar-refractivity contribution in [1.82, 2.24) is 0 Å². The Balaban J connectivity index is 2.22. The SMILES string of the molecule is COc1ccccc1CN(C)c1ccc(C(=N)N)c(Cl)c1. The number of halogens is 1. The van der Waals surface area contributed by atoms with Gasteiger partial charge in [0.05, 0.1) is 12.1 Å². The highest BCUT2D eigenvalue weighted by atomic mass is 35.5. The molecule has 3 N–H and O–H groups in total. The van der Waals surface area contributed by atoms with E-state index in [4.69, 9.17) is 27.5 Å². The fraction of sp³-hybridized carbons (Fsp3) is 0.188. The van der Waals surface area contributed by atoms with Crippen LogP contribution < -0.4 is 15.4 Å². The highest BCUT2D eigenvalue weighted by Crippen LogP contribution is 2.26. The van der Waals surface area contributed by atoms with E-state index < -0.39 is 0 Å². The predicted molar refractivity (Wildman–Crippen MR) is 87.6 cm³/mol. The Morgan fingerprint density at radius 3 is 2.62 bits per heavy atom. The number of nitrogens with zero attached hydrogens (tertiary/aromatic N) is 1. The van der Waals surface area contributed by atoms with Gasteiger partial charge in [-0.1, -0.05) is 29.8 Å². The maximum Gasteiger partial charge on any atom is 0.124 e. The van der Waals surface area contributed by atoms with E-state index in [1.807, 2.05) is 43.4 Å². The van der Waals surface area contributed by atoms with Gasteiger partial charge in [-0.2, -0.15) is 0 Å². The summed E-state index contributed by atoms with van der Waals surface area (Å²) in [6, 6.07) is 13.4. The second kappa shape index (κ2) is 6.50. The monoisotopic (exact) mass is 303 g/mol. The first kappa shape index (κ1) is 15.2. The number of nitrogens with one attached hydrogen (secondary N) is 1. The smallest absolute Gasteiger partial charge is 0.124 e. The number of hydrogen-bond donors (Lipinski definition) is 2. The molecular formula is C16H18ClN3O. The van der Waals surface area contributed by atoms with Gasteiger partial charge in [0.2, 0.25) is 0 Å². The Morgan fingerprint density at radius 1 is 1.29 bits per heavy atom. The topological polar surface area (TPSA) is 62.3 Å². The first-order valence-electron chi connectivity index (χ1n) is 6.50. The van der Waals surface area contributed by atoms with Crippen LogP contribution in [0.1, 0.15) is 11.1 Å². The fourth-order valence-electron chi connectivity index (χ4n) is 2.14. The number of hydrogen-bond acceptors (Lipinski definition) is 3. The first-order valence-corrected chi connectivity index (χ1v) is 6.87. The normalized spacial score (nSPS) is 10.2. The number of amidine groups is 1. The van der Waals surface area contributed by atoms with Crippen molar-refractivity contribution >= 4 is 23.1 Å². The molecule has 2 aromatic carbocycles. The largest absolute Gasteiger partial charge is 0.496 e. The molecule has 21 heavy (non-hydrogen) atoms. The van der Waals surface area contributed by atoms with Crippen LogP contribution in [-0.4, -0.2) is 20.0 Å². The fourth-order valence-corrected chi connectivity index (χ4v) is 2.42. The number of nitrogens with two attached hydrogens (primary N) is 1. The third-order valence-corrected chi connectivity index (χ3v) is 3.60. The molecule has 0 heterocycles. The lowest BCUT2D eigenvalue weighted by Crippen LogP contribution is -2.18. The molecule has 0 bridgehead atoms. The van der Waals surface area contributed by atoms with E-state index in [0.29, 0.717) is 17.1 Å². The van der Waals surface area contributed by atoms with Crippen molar-refractivity contribution in [2.75, 3.05) is 19.1 Å². The zero-order chi connectivity index (χ0) is 15.4. The lowest BCUT2D eigenvalue weighted by molar-refractivity contribution is 0.409. The van der Waals surface area contributed by atoms with Gasteiger partial charge < -0.3 is 15.4 Å². The van der Waals surface area contributed by atoms with Crippen molar-refractivity contribution in [2.45, 2.75) is 6.54 Å². The Morgan fingerprint density at radius 2 is 2.00 bits per heavy atom. The van der Waals surface area contributed by atoms with Gasteiger partial charge in [-0.25, -0.2) is 0 Å². The Bertz CT molecular complexity index is 658. The van der Waals surface area contributed by atoms with Crippen LogP contribution in [0.3, 0.4) is 0 Å². The summed E-state index contributed by atoms with van der Waals surface area (Å²) in [5, 5.41) is 7.93. The van der Waals surface area contributed by atoms with E-state index >= 15 is 0 Å². The molecule has 0 fully saturated rings. The molecule has 110 valence electrons. The van der Waals surface area contributed by atoms with E-state index in [0.717, 1.165) is 17.0 Å². The number of ether oxygens (including phenoxy) is 1. The molecule has 0 amide bonds. The molecule has 0 aliphatic carbocycles. The molecule has 0 saturated heterocycles. The van der Waals surface area contributed by atoms with Gasteiger partial charge in [-0.05, 0) is 24.3 Å². The van der Waals surface area contributed by atoms with Crippen LogP contribution in [-0.2, 0) is 6.54 Å². The number of rotatable bonds is 5. The summed E-state index contributed by atoms with van der Waals surface area (Å²) in [5.41, 5.74) is 8.06. The minimum absolute atomic E-state index is 0.0288. The lowest BCUT2D eigenvalue weighted by Gasteiger charge is -2.21. The van der Waals surface area contributed by atoms with Crippen LogP contribution in [0.4, 0.5) is 5.69 Å². The molecule has 4 nitrogen and oxygen atoms in total. The molecule has 5 heteroatoms. The van der Waals surface area contributed by atoms with Crippen LogP contribution >= 0.6 is 11.6 Å². The summed E-state index contributed by atoms with van der Waals surface area (Å²) in [6.45, 7) is 0.694. The zero-order valence-corrected chi connectivity index (χ0v) is 12.8. The predicted octanol–water partition coefficient (Wildman–Crippen LogP) is 3.27. The standard InChI is InChI=1S/C16H18ClN3O/c1-20(10-11-5-3-4-6-15(11)21-2)12-7-8-13(16(18)19)14(17)9-12/h3-9H,10H2,1-2H3,(H3,18,19). The van der Waals surface area contributed by atoms with Crippen LogP contribution in [0.15, 0.2) is 42.5 Å². The highest BCUT2D eigenvalue weighted by Gasteiger charge is 2.10. The second-order valence-corrected chi connectivity index (χ2v) is 5.15. The highest BCUT2D eigenvalue weighted by molar-refractivity contribution is 6.34.